The molecule has 0 N–H and O–H groups in total. The summed E-state index contributed by atoms with van der Waals surface area (Å²) >= 11 is 0. The van der Waals surface area contributed by atoms with Gasteiger partial charge in [0, 0.05) is 25.2 Å². The summed E-state index contributed by atoms with van der Waals surface area (Å²) in [6.07, 6.45) is 10.1. The van der Waals surface area contributed by atoms with E-state index in [1.165, 1.54) is 32.1 Å². The molecule has 0 aromatic rings. The van der Waals surface area contributed by atoms with Crippen molar-refractivity contribution in [2.45, 2.75) is 84.7 Å². The highest BCUT2D eigenvalue weighted by molar-refractivity contribution is 5.79. The van der Waals surface area contributed by atoms with Gasteiger partial charge < -0.3 is 4.74 Å². The van der Waals surface area contributed by atoms with Crippen molar-refractivity contribution >= 4 is 11.8 Å². The summed E-state index contributed by atoms with van der Waals surface area (Å²) in [6, 6.07) is 0. The molecule has 0 aromatic carbocycles. The summed E-state index contributed by atoms with van der Waals surface area (Å²) < 4.78 is 5.73. The molecule has 4 saturated carbocycles. The summed E-state index contributed by atoms with van der Waals surface area (Å²) in [5.74, 6) is 3.25. The number of hydrogen-bond acceptors (Lipinski definition) is 3. The van der Waals surface area contributed by atoms with Crippen LogP contribution in [0.5, 0.6) is 0 Å². The van der Waals surface area contributed by atoms with Crippen LogP contribution in [0.15, 0.2) is 0 Å². The molecule has 0 heterocycles. The second-order valence-electron chi connectivity index (χ2n) is 9.62. The maximum Gasteiger partial charge on any atom is 0.302 e. The van der Waals surface area contributed by atoms with Crippen LogP contribution < -0.4 is 0 Å². The molecule has 3 unspecified atom stereocenters. The minimum atomic E-state index is -0.120. The van der Waals surface area contributed by atoms with Gasteiger partial charge in [0.2, 0.25) is 0 Å². The number of ether oxygens (including phenoxy) is 1. The number of carbonyl (C=O) groups excluding carboxylic acids is 2. The Hall–Kier alpha value is -0.860. The Labute approximate surface area is 145 Å². The Bertz CT molecular complexity index is 555. The van der Waals surface area contributed by atoms with Gasteiger partial charge in [-0.3, -0.25) is 9.59 Å². The molecule has 0 spiro atoms. The van der Waals surface area contributed by atoms with Crippen LogP contribution in [-0.2, 0) is 14.3 Å². The van der Waals surface area contributed by atoms with Crippen LogP contribution in [0.25, 0.3) is 0 Å². The Morgan fingerprint density at radius 2 is 1.75 bits per heavy atom. The number of esters is 1. The quantitative estimate of drug-likeness (QED) is 0.663. The zero-order valence-electron chi connectivity index (χ0n) is 15.5. The van der Waals surface area contributed by atoms with Crippen LogP contribution in [0.2, 0.25) is 0 Å². The third kappa shape index (κ3) is 2.29. The van der Waals surface area contributed by atoms with E-state index in [1.807, 2.05) is 0 Å². The average molecular weight is 332 g/mol. The Morgan fingerprint density at radius 3 is 2.50 bits per heavy atom. The first-order valence-electron chi connectivity index (χ1n) is 10.0. The normalized spacial score (nSPS) is 50.6. The molecule has 3 nitrogen and oxygen atoms in total. The number of fused-ring (bicyclic) bond motifs is 5. The summed E-state index contributed by atoms with van der Waals surface area (Å²) in [6.45, 7) is 6.42. The van der Waals surface area contributed by atoms with E-state index < -0.39 is 0 Å². The first kappa shape index (κ1) is 16.6. The smallest absolute Gasteiger partial charge is 0.302 e. The topological polar surface area (TPSA) is 43.4 Å². The zero-order valence-corrected chi connectivity index (χ0v) is 15.5. The summed E-state index contributed by atoms with van der Waals surface area (Å²) in [4.78, 5) is 23.5. The molecule has 4 aliphatic rings. The van der Waals surface area contributed by atoms with Gasteiger partial charge in [0.05, 0.1) is 0 Å². The maximum atomic E-state index is 12.0. The SMILES string of the molecule is CC(=O)O[C@@H]1CCC2C3CC[C@H]4CC(=O)CC[C@]4(C)C3CC[C@@]21C. The van der Waals surface area contributed by atoms with Crippen molar-refractivity contribution in [1.29, 1.82) is 0 Å². The predicted octanol–water partition coefficient (Wildman–Crippen LogP) is 4.53. The van der Waals surface area contributed by atoms with E-state index in [0.717, 1.165) is 37.5 Å². The van der Waals surface area contributed by atoms with Crippen LogP contribution in [0, 0.1) is 34.5 Å². The zero-order chi connectivity index (χ0) is 17.1. The van der Waals surface area contributed by atoms with E-state index in [1.54, 1.807) is 6.92 Å². The molecule has 0 aromatic heterocycles. The lowest BCUT2D eigenvalue weighted by molar-refractivity contribution is -0.162. The number of Topliss-reactive ketones (excluding diaryl/α,β-unsaturated/α-hetero) is 1. The van der Waals surface area contributed by atoms with Crippen molar-refractivity contribution in [3.8, 4) is 0 Å². The van der Waals surface area contributed by atoms with Crippen molar-refractivity contribution < 1.29 is 14.3 Å². The minimum Gasteiger partial charge on any atom is -0.462 e. The van der Waals surface area contributed by atoms with Gasteiger partial charge >= 0.3 is 5.97 Å². The molecular formula is C21H32O3. The van der Waals surface area contributed by atoms with Crippen molar-refractivity contribution in [1.82, 2.24) is 0 Å². The van der Waals surface area contributed by atoms with Gasteiger partial charge in [-0.1, -0.05) is 13.8 Å². The van der Waals surface area contributed by atoms with Gasteiger partial charge in [-0.05, 0) is 74.0 Å². The van der Waals surface area contributed by atoms with E-state index in [4.69, 9.17) is 4.74 Å². The van der Waals surface area contributed by atoms with Gasteiger partial charge in [0.15, 0.2) is 0 Å². The van der Waals surface area contributed by atoms with E-state index >= 15 is 0 Å². The van der Waals surface area contributed by atoms with Gasteiger partial charge in [-0.25, -0.2) is 0 Å². The monoisotopic (exact) mass is 332 g/mol. The molecule has 7 atom stereocenters. The van der Waals surface area contributed by atoms with Crippen LogP contribution in [0.1, 0.15) is 78.6 Å². The van der Waals surface area contributed by atoms with Crippen LogP contribution in [0.4, 0.5) is 0 Å². The second-order valence-corrected chi connectivity index (χ2v) is 9.62. The largest absolute Gasteiger partial charge is 0.462 e. The molecule has 0 amide bonds. The molecule has 0 saturated heterocycles. The van der Waals surface area contributed by atoms with E-state index in [2.05, 4.69) is 13.8 Å². The van der Waals surface area contributed by atoms with E-state index in [9.17, 15) is 9.59 Å². The second kappa shape index (κ2) is 5.57. The standard InChI is InChI=1S/C21H32O3/c1-13(22)24-19-7-6-17-16-5-4-14-12-15(23)8-10-20(14,2)18(16)9-11-21(17,19)3/h14,16-19H,4-12H2,1-3H3/t14-,16?,17?,18?,19+,20-,21-/m0/s1. The third-order valence-corrected chi connectivity index (χ3v) is 8.70. The molecule has 4 fully saturated rings. The molecule has 4 aliphatic carbocycles. The number of rotatable bonds is 1. The molecular weight excluding hydrogens is 300 g/mol. The van der Waals surface area contributed by atoms with Crippen LogP contribution in [-0.4, -0.2) is 17.9 Å². The first-order valence-corrected chi connectivity index (χ1v) is 10.0. The number of hydrogen-bond donors (Lipinski definition) is 0. The van der Waals surface area contributed by atoms with E-state index in [-0.39, 0.29) is 17.5 Å². The highest BCUT2D eigenvalue weighted by Crippen LogP contribution is 2.66. The minimum absolute atomic E-state index is 0.120. The van der Waals surface area contributed by atoms with Crippen molar-refractivity contribution in [2.75, 3.05) is 0 Å². The van der Waals surface area contributed by atoms with Gasteiger partial charge in [-0.15, -0.1) is 0 Å². The molecule has 0 radical (unpaired) electrons. The average Bonchev–Trinajstić information content (AvgIpc) is 2.84. The van der Waals surface area contributed by atoms with Crippen molar-refractivity contribution in [3.05, 3.63) is 0 Å². The summed E-state index contributed by atoms with van der Waals surface area (Å²) in [7, 11) is 0. The highest BCUT2D eigenvalue weighted by Gasteiger charge is 2.60. The Kier molecular flexibility index (Phi) is 3.85. The van der Waals surface area contributed by atoms with Crippen LogP contribution >= 0.6 is 0 Å². The highest BCUT2D eigenvalue weighted by atomic mass is 16.5. The molecule has 134 valence electrons. The fraction of sp³-hybridized carbons (Fsp3) is 0.905. The van der Waals surface area contributed by atoms with Crippen LogP contribution in [0.3, 0.4) is 0 Å². The lowest BCUT2D eigenvalue weighted by Crippen LogP contribution is -2.54. The Balaban J connectivity index is 1.58. The third-order valence-electron chi connectivity index (χ3n) is 8.70. The van der Waals surface area contributed by atoms with Gasteiger partial charge in [0.1, 0.15) is 11.9 Å². The van der Waals surface area contributed by atoms with E-state index in [0.29, 0.717) is 23.0 Å². The number of ketones is 1. The lowest BCUT2D eigenvalue weighted by atomic mass is 9.45. The molecule has 0 bridgehead atoms. The molecule has 3 heteroatoms. The van der Waals surface area contributed by atoms with Gasteiger partial charge in [-0.2, -0.15) is 0 Å². The number of carbonyl (C=O) groups is 2. The lowest BCUT2D eigenvalue weighted by Gasteiger charge is -2.60. The molecule has 0 aliphatic heterocycles. The Morgan fingerprint density at radius 1 is 1.00 bits per heavy atom. The van der Waals surface area contributed by atoms with Crippen molar-refractivity contribution in [2.24, 2.45) is 34.5 Å². The maximum absolute atomic E-state index is 12.0. The fourth-order valence-electron chi connectivity index (χ4n) is 7.39. The predicted molar refractivity (Wildman–Crippen MR) is 92.3 cm³/mol. The fourth-order valence-corrected chi connectivity index (χ4v) is 7.39. The first-order chi connectivity index (χ1) is 11.3. The van der Waals surface area contributed by atoms with Gasteiger partial charge in [0.25, 0.3) is 0 Å². The van der Waals surface area contributed by atoms with Crippen molar-refractivity contribution in [3.63, 3.8) is 0 Å². The summed E-state index contributed by atoms with van der Waals surface area (Å²) in [5, 5.41) is 0. The molecule has 4 rings (SSSR count). The summed E-state index contributed by atoms with van der Waals surface area (Å²) in [5.41, 5.74) is 0.554. The molecule has 24 heavy (non-hydrogen) atoms.